The molecule has 2 aromatic rings. The van der Waals surface area contributed by atoms with Crippen LogP contribution in [0.3, 0.4) is 0 Å². The molecule has 160 valence electrons. The van der Waals surface area contributed by atoms with Gasteiger partial charge in [0.25, 0.3) is 0 Å². The molecule has 0 atom stereocenters. The van der Waals surface area contributed by atoms with Crippen LogP contribution in [0.15, 0.2) is 42.5 Å². The zero-order valence-corrected chi connectivity index (χ0v) is 17.4. The molecule has 1 N–H and O–H groups in total. The van der Waals surface area contributed by atoms with E-state index in [9.17, 15) is 18.0 Å². The topological polar surface area (TPSA) is 111 Å². The second-order valence-electron chi connectivity index (χ2n) is 6.26. The van der Waals surface area contributed by atoms with Crippen LogP contribution < -0.4 is 19.1 Å². The summed E-state index contributed by atoms with van der Waals surface area (Å²) in [5.74, 6) is -0.491. The van der Waals surface area contributed by atoms with Gasteiger partial charge in [-0.3, -0.25) is 9.10 Å². The van der Waals surface area contributed by atoms with E-state index in [1.165, 1.54) is 19.1 Å². The summed E-state index contributed by atoms with van der Waals surface area (Å²) in [6, 6.07) is 11.0. The lowest BCUT2D eigenvalue weighted by molar-refractivity contribution is -0.114. The van der Waals surface area contributed by atoms with Gasteiger partial charge < -0.3 is 19.5 Å². The Bertz CT molecular complexity index is 1050. The molecule has 1 aliphatic rings. The number of esters is 1. The number of rotatable bonds is 8. The van der Waals surface area contributed by atoms with Gasteiger partial charge in [0.05, 0.1) is 29.3 Å². The summed E-state index contributed by atoms with van der Waals surface area (Å²) >= 11 is 0. The van der Waals surface area contributed by atoms with E-state index >= 15 is 0 Å². The van der Waals surface area contributed by atoms with Crippen LogP contribution >= 0.6 is 0 Å². The van der Waals surface area contributed by atoms with Gasteiger partial charge in [0.2, 0.25) is 22.7 Å². The molecule has 0 fully saturated rings. The van der Waals surface area contributed by atoms with Crippen LogP contribution in [0.2, 0.25) is 0 Å². The molecule has 0 aliphatic carbocycles. The fourth-order valence-electron chi connectivity index (χ4n) is 2.85. The quantitative estimate of drug-likeness (QED) is 0.635. The normalized spacial score (nSPS) is 12.3. The van der Waals surface area contributed by atoms with Gasteiger partial charge in [-0.25, -0.2) is 13.2 Å². The van der Waals surface area contributed by atoms with Crippen molar-refractivity contribution in [2.45, 2.75) is 13.8 Å². The van der Waals surface area contributed by atoms with Gasteiger partial charge >= 0.3 is 5.97 Å². The highest BCUT2D eigenvalue weighted by atomic mass is 32.2. The molecule has 0 radical (unpaired) electrons. The van der Waals surface area contributed by atoms with Gasteiger partial charge in [-0.2, -0.15) is 0 Å². The lowest BCUT2D eigenvalue weighted by Gasteiger charge is -2.23. The maximum Gasteiger partial charge on any atom is 0.340 e. The predicted molar refractivity (Wildman–Crippen MR) is 110 cm³/mol. The molecule has 0 saturated carbocycles. The second-order valence-corrected chi connectivity index (χ2v) is 8.44. The van der Waals surface area contributed by atoms with Crippen LogP contribution in [-0.2, 0) is 19.6 Å². The maximum absolute atomic E-state index is 12.7. The summed E-state index contributed by atoms with van der Waals surface area (Å²) in [4.78, 5) is 24.8. The number of nitrogens with one attached hydrogen (secondary N) is 1. The van der Waals surface area contributed by atoms with Crippen LogP contribution in [0.4, 0.5) is 11.4 Å². The third-order valence-corrected chi connectivity index (χ3v) is 6.07. The van der Waals surface area contributed by atoms with Crippen molar-refractivity contribution in [3.8, 4) is 11.5 Å². The first-order chi connectivity index (χ1) is 14.4. The lowest BCUT2D eigenvalue weighted by atomic mass is 10.2. The first-order valence-corrected chi connectivity index (χ1v) is 10.9. The maximum atomic E-state index is 12.7. The van der Waals surface area contributed by atoms with Gasteiger partial charge in [-0.05, 0) is 38.1 Å². The van der Waals surface area contributed by atoms with E-state index in [1.807, 2.05) is 0 Å². The zero-order chi connectivity index (χ0) is 21.7. The zero-order valence-electron chi connectivity index (χ0n) is 16.6. The third-order valence-electron chi connectivity index (χ3n) is 4.33. The summed E-state index contributed by atoms with van der Waals surface area (Å²) in [7, 11) is -3.77. The first-order valence-electron chi connectivity index (χ1n) is 9.31. The average molecular weight is 434 g/mol. The molecule has 0 unspecified atom stereocenters. The number of nitrogens with zero attached hydrogens (tertiary/aromatic N) is 1. The highest BCUT2D eigenvalue weighted by Gasteiger charge is 2.26. The Labute approximate surface area is 174 Å². The molecular formula is C20H22N2O7S. The van der Waals surface area contributed by atoms with Crippen LogP contribution in [-0.4, -0.2) is 46.0 Å². The van der Waals surface area contributed by atoms with Gasteiger partial charge in [-0.15, -0.1) is 0 Å². The van der Waals surface area contributed by atoms with Crippen molar-refractivity contribution in [1.82, 2.24) is 0 Å². The predicted octanol–water partition coefficient (Wildman–Crippen LogP) is 2.39. The molecule has 1 heterocycles. The number of carbonyl (C=O) groups excluding carboxylic acids is 2. The largest absolute Gasteiger partial charge is 0.462 e. The van der Waals surface area contributed by atoms with Crippen molar-refractivity contribution in [1.29, 1.82) is 0 Å². The average Bonchev–Trinajstić information content (AvgIpc) is 3.20. The summed E-state index contributed by atoms with van der Waals surface area (Å²) < 4.78 is 41.8. The Morgan fingerprint density at radius 2 is 1.83 bits per heavy atom. The highest BCUT2D eigenvalue weighted by Crippen LogP contribution is 2.36. The molecule has 0 spiro atoms. The summed E-state index contributed by atoms with van der Waals surface area (Å²) in [5, 5.41) is 2.60. The Balaban J connectivity index is 1.84. The minimum absolute atomic E-state index is 0.0461. The Morgan fingerprint density at radius 3 is 2.57 bits per heavy atom. The SMILES string of the molecule is CCOC(=O)c1ccccc1NC(=O)CN(c1ccc2c(c1)OCO2)S(=O)(=O)CC. The number of amides is 1. The summed E-state index contributed by atoms with van der Waals surface area (Å²) in [6.07, 6.45) is 0. The van der Waals surface area contributed by atoms with E-state index in [0.29, 0.717) is 11.5 Å². The van der Waals surface area contributed by atoms with Crippen LogP contribution in [0.1, 0.15) is 24.2 Å². The third kappa shape index (κ3) is 4.65. The number of fused-ring (bicyclic) bond motifs is 1. The lowest BCUT2D eigenvalue weighted by Crippen LogP contribution is -2.39. The molecule has 0 aromatic heterocycles. The van der Waals surface area contributed by atoms with E-state index in [4.69, 9.17) is 14.2 Å². The number of hydrogen-bond donors (Lipinski definition) is 1. The Kier molecular flexibility index (Phi) is 6.46. The molecule has 3 rings (SSSR count). The molecule has 2 aromatic carbocycles. The number of para-hydroxylation sites is 1. The minimum Gasteiger partial charge on any atom is -0.462 e. The van der Waals surface area contributed by atoms with Crippen molar-refractivity contribution in [3.05, 3.63) is 48.0 Å². The van der Waals surface area contributed by atoms with E-state index < -0.39 is 28.4 Å². The van der Waals surface area contributed by atoms with Crippen molar-refractivity contribution in [2.24, 2.45) is 0 Å². The molecule has 9 nitrogen and oxygen atoms in total. The van der Waals surface area contributed by atoms with Crippen LogP contribution in [0, 0.1) is 0 Å². The molecular weight excluding hydrogens is 412 g/mol. The first kappa shape index (κ1) is 21.4. The van der Waals surface area contributed by atoms with E-state index in [1.54, 1.807) is 37.3 Å². The standard InChI is InChI=1S/C20H22N2O7S/c1-3-27-20(24)15-7-5-6-8-16(15)21-19(23)12-22(30(25,26)4-2)14-9-10-17-18(11-14)29-13-28-17/h5-11H,3-4,12-13H2,1-2H3,(H,21,23). The summed E-state index contributed by atoms with van der Waals surface area (Å²) in [5.41, 5.74) is 0.691. The van der Waals surface area contributed by atoms with E-state index in [-0.39, 0.29) is 36.1 Å². The van der Waals surface area contributed by atoms with E-state index in [0.717, 1.165) is 4.31 Å². The van der Waals surface area contributed by atoms with Crippen molar-refractivity contribution in [2.75, 3.05) is 35.3 Å². The number of sulfonamides is 1. The monoisotopic (exact) mass is 434 g/mol. The smallest absolute Gasteiger partial charge is 0.340 e. The number of anilines is 2. The molecule has 0 bridgehead atoms. The van der Waals surface area contributed by atoms with E-state index in [2.05, 4.69) is 5.32 Å². The van der Waals surface area contributed by atoms with Crippen molar-refractivity contribution < 1.29 is 32.2 Å². The van der Waals surface area contributed by atoms with Crippen molar-refractivity contribution in [3.63, 3.8) is 0 Å². The number of carbonyl (C=O) groups is 2. The fourth-order valence-corrected chi connectivity index (χ4v) is 3.91. The van der Waals surface area contributed by atoms with Gasteiger partial charge in [0.1, 0.15) is 6.54 Å². The van der Waals surface area contributed by atoms with Gasteiger partial charge in [0, 0.05) is 6.07 Å². The van der Waals surface area contributed by atoms with Gasteiger partial charge in [0.15, 0.2) is 11.5 Å². The molecule has 1 amide bonds. The Morgan fingerprint density at radius 1 is 1.10 bits per heavy atom. The summed E-state index contributed by atoms with van der Waals surface area (Å²) in [6.45, 7) is 2.92. The number of benzene rings is 2. The minimum atomic E-state index is -3.77. The highest BCUT2D eigenvalue weighted by molar-refractivity contribution is 7.92. The number of hydrogen-bond acceptors (Lipinski definition) is 7. The van der Waals surface area contributed by atoms with Crippen LogP contribution in [0.25, 0.3) is 0 Å². The van der Waals surface area contributed by atoms with Crippen LogP contribution in [0.5, 0.6) is 11.5 Å². The molecule has 10 heteroatoms. The molecule has 1 aliphatic heterocycles. The van der Waals surface area contributed by atoms with Gasteiger partial charge in [-0.1, -0.05) is 12.1 Å². The number of ether oxygens (including phenoxy) is 3. The Hall–Kier alpha value is -3.27. The molecule has 0 saturated heterocycles. The molecule has 30 heavy (non-hydrogen) atoms. The van der Waals surface area contributed by atoms with Crippen molar-refractivity contribution >= 4 is 33.3 Å². The second kappa shape index (κ2) is 9.04. The fraction of sp³-hybridized carbons (Fsp3) is 0.300.